The number of alkyl halides is 1. The third kappa shape index (κ3) is 2.71. The van der Waals surface area contributed by atoms with Crippen molar-refractivity contribution in [3.8, 4) is 0 Å². The van der Waals surface area contributed by atoms with Gasteiger partial charge >= 0.3 is 5.97 Å². The van der Waals surface area contributed by atoms with E-state index in [9.17, 15) is 9.90 Å². The van der Waals surface area contributed by atoms with Crippen LogP contribution in [-0.2, 0) is 4.79 Å². The van der Waals surface area contributed by atoms with Gasteiger partial charge in [0.15, 0.2) is 0 Å². The van der Waals surface area contributed by atoms with Crippen LogP contribution >= 0.6 is 11.6 Å². The van der Waals surface area contributed by atoms with E-state index in [-0.39, 0.29) is 0 Å². The van der Waals surface area contributed by atoms with Crippen molar-refractivity contribution in [2.24, 2.45) is 0 Å². The van der Waals surface area contributed by atoms with Gasteiger partial charge in [0.2, 0.25) is 0 Å². The summed E-state index contributed by atoms with van der Waals surface area (Å²) in [6.07, 6.45) is 0. The van der Waals surface area contributed by atoms with E-state index in [0.717, 1.165) is 5.56 Å². The Morgan fingerprint density at radius 1 is 0.889 bits per heavy atom. The lowest BCUT2D eigenvalue weighted by atomic mass is 9.91. The predicted molar refractivity (Wildman–Crippen MR) is 71.9 cm³/mol. The highest BCUT2D eigenvalue weighted by molar-refractivity contribution is 6.22. The molecular formula is C15H13ClO2. The Labute approximate surface area is 111 Å². The Morgan fingerprint density at radius 2 is 1.33 bits per heavy atom. The molecule has 92 valence electrons. The van der Waals surface area contributed by atoms with E-state index < -0.39 is 17.3 Å². The summed E-state index contributed by atoms with van der Waals surface area (Å²) in [4.78, 5) is 11.4. The average Bonchev–Trinajstić information content (AvgIpc) is 2.40. The maximum atomic E-state index is 11.4. The van der Waals surface area contributed by atoms with Crippen molar-refractivity contribution in [3.05, 3.63) is 71.8 Å². The number of hydrogen-bond acceptors (Lipinski definition) is 1. The van der Waals surface area contributed by atoms with Crippen LogP contribution in [0.5, 0.6) is 0 Å². The molecule has 0 aliphatic rings. The van der Waals surface area contributed by atoms with Gasteiger partial charge in [-0.15, -0.1) is 11.6 Å². The first-order valence-corrected chi connectivity index (χ1v) is 6.10. The molecule has 0 saturated carbocycles. The normalized spacial score (nSPS) is 13.8. The quantitative estimate of drug-likeness (QED) is 0.848. The van der Waals surface area contributed by atoms with E-state index in [1.54, 1.807) is 12.1 Å². The van der Waals surface area contributed by atoms with Gasteiger partial charge in [0, 0.05) is 0 Å². The van der Waals surface area contributed by atoms with Gasteiger partial charge in [-0.1, -0.05) is 60.7 Å². The Morgan fingerprint density at radius 3 is 1.78 bits per heavy atom. The van der Waals surface area contributed by atoms with E-state index in [1.807, 2.05) is 48.5 Å². The van der Waals surface area contributed by atoms with Crippen LogP contribution in [0.4, 0.5) is 0 Å². The number of carbonyl (C=O) groups is 1. The van der Waals surface area contributed by atoms with Gasteiger partial charge in [0.25, 0.3) is 0 Å². The van der Waals surface area contributed by atoms with Crippen molar-refractivity contribution in [1.29, 1.82) is 0 Å². The molecule has 0 amide bonds. The summed E-state index contributed by atoms with van der Waals surface area (Å²) < 4.78 is 0. The SMILES string of the molecule is O=C(O)C(c1ccccc1)C(Cl)c1ccccc1. The molecule has 0 aliphatic carbocycles. The van der Waals surface area contributed by atoms with Gasteiger partial charge in [-0.2, -0.15) is 0 Å². The largest absolute Gasteiger partial charge is 0.481 e. The second kappa shape index (κ2) is 5.69. The molecule has 0 spiro atoms. The molecule has 18 heavy (non-hydrogen) atoms. The van der Waals surface area contributed by atoms with Crippen LogP contribution in [0.25, 0.3) is 0 Å². The highest BCUT2D eigenvalue weighted by Gasteiger charge is 2.29. The molecule has 0 aromatic heterocycles. The van der Waals surface area contributed by atoms with E-state index in [0.29, 0.717) is 5.56 Å². The van der Waals surface area contributed by atoms with Crippen LogP contribution < -0.4 is 0 Å². The summed E-state index contributed by atoms with van der Waals surface area (Å²) in [6.45, 7) is 0. The maximum Gasteiger partial charge on any atom is 0.312 e. The van der Waals surface area contributed by atoms with Crippen LogP contribution in [0, 0.1) is 0 Å². The number of carboxylic acids is 1. The minimum Gasteiger partial charge on any atom is -0.481 e. The minimum atomic E-state index is -0.912. The fraction of sp³-hybridized carbons (Fsp3) is 0.133. The van der Waals surface area contributed by atoms with E-state index in [2.05, 4.69) is 0 Å². The first-order valence-electron chi connectivity index (χ1n) is 5.67. The van der Waals surface area contributed by atoms with E-state index >= 15 is 0 Å². The van der Waals surface area contributed by atoms with Gasteiger partial charge in [-0.3, -0.25) is 4.79 Å². The average molecular weight is 261 g/mol. The lowest BCUT2D eigenvalue weighted by Gasteiger charge is -2.19. The van der Waals surface area contributed by atoms with Crippen molar-refractivity contribution >= 4 is 17.6 Å². The number of aliphatic carboxylic acids is 1. The molecule has 0 saturated heterocycles. The van der Waals surface area contributed by atoms with Crippen LogP contribution in [0.15, 0.2) is 60.7 Å². The zero-order chi connectivity index (χ0) is 13.0. The van der Waals surface area contributed by atoms with Gasteiger partial charge in [0.1, 0.15) is 5.92 Å². The molecule has 2 aromatic carbocycles. The van der Waals surface area contributed by atoms with Gasteiger partial charge in [0.05, 0.1) is 5.38 Å². The van der Waals surface area contributed by atoms with Crippen molar-refractivity contribution in [2.75, 3.05) is 0 Å². The number of carboxylic acid groups (broad SMARTS) is 1. The lowest BCUT2D eigenvalue weighted by molar-refractivity contribution is -0.138. The molecule has 0 fully saturated rings. The summed E-state index contributed by atoms with van der Waals surface area (Å²) in [7, 11) is 0. The first-order chi connectivity index (χ1) is 8.70. The Bertz CT molecular complexity index is 511. The molecule has 2 nitrogen and oxygen atoms in total. The second-order valence-corrected chi connectivity index (χ2v) is 4.51. The second-order valence-electron chi connectivity index (χ2n) is 4.04. The standard InChI is InChI=1S/C15H13ClO2/c16-14(12-9-5-2-6-10-12)13(15(17)18)11-7-3-1-4-8-11/h1-10,13-14H,(H,17,18). The summed E-state index contributed by atoms with van der Waals surface area (Å²) in [6, 6.07) is 18.4. The van der Waals surface area contributed by atoms with Crippen LogP contribution in [0.3, 0.4) is 0 Å². The zero-order valence-electron chi connectivity index (χ0n) is 9.66. The summed E-state index contributed by atoms with van der Waals surface area (Å²) >= 11 is 6.32. The topological polar surface area (TPSA) is 37.3 Å². The molecule has 1 N–H and O–H groups in total. The molecule has 0 aliphatic heterocycles. The molecule has 2 rings (SSSR count). The number of halogens is 1. The lowest BCUT2D eigenvalue weighted by Crippen LogP contribution is -2.16. The molecule has 0 radical (unpaired) electrons. The summed E-state index contributed by atoms with van der Waals surface area (Å²) in [5, 5.41) is 8.80. The van der Waals surface area contributed by atoms with Gasteiger partial charge in [-0.05, 0) is 11.1 Å². The van der Waals surface area contributed by atoms with Gasteiger partial charge in [-0.25, -0.2) is 0 Å². The van der Waals surface area contributed by atoms with Crippen LogP contribution in [-0.4, -0.2) is 11.1 Å². The van der Waals surface area contributed by atoms with Crippen molar-refractivity contribution in [2.45, 2.75) is 11.3 Å². The maximum absolute atomic E-state index is 11.4. The Kier molecular flexibility index (Phi) is 4.00. The highest BCUT2D eigenvalue weighted by Crippen LogP contribution is 2.36. The molecule has 2 atom stereocenters. The van der Waals surface area contributed by atoms with Crippen molar-refractivity contribution in [3.63, 3.8) is 0 Å². The minimum absolute atomic E-state index is 0.578. The van der Waals surface area contributed by atoms with E-state index in [4.69, 9.17) is 11.6 Å². The fourth-order valence-corrected chi connectivity index (χ4v) is 2.33. The first kappa shape index (κ1) is 12.7. The molecule has 0 bridgehead atoms. The molecule has 2 aromatic rings. The third-order valence-electron chi connectivity index (χ3n) is 2.84. The summed E-state index contributed by atoms with van der Waals surface area (Å²) in [5.74, 6) is -1.65. The Balaban J connectivity index is 2.35. The number of hydrogen-bond donors (Lipinski definition) is 1. The monoisotopic (exact) mass is 260 g/mol. The van der Waals surface area contributed by atoms with Crippen molar-refractivity contribution < 1.29 is 9.90 Å². The number of rotatable bonds is 4. The zero-order valence-corrected chi connectivity index (χ0v) is 10.4. The van der Waals surface area contributed by atoms with Crippen LogP contribution in [0.2, 0.25) is 0 Å². The predicted octanol–water partition coefficient (Wildman–Crippen LogP) is 3.83. The van der Waals surface area contributed by atoms with Crippen molar-refractivity contribution in [1.82, 2.24) is 0 Å². The third-order valence-corrected chi connectivity index (χ3v) is 3.34. The highest BCUT2D eigenvalue weighted by atomic mass is 35.5. The molecule has 3 heteroatoms. The van der Waals surface area contributed by atoms with E-state index in [1.165, 1.54) is 0 Å². The van der Waals surface area contributed by atoms with Gasteiger partial charge < -0.3 is 5.11 Å². The molecule has 2 unspecified atom stereocenters. The summed E-state index contributed by atoms with van der Waals surface area (Å²) in [5.41, 5.74) is 1.53. The molecular weight excluding hydrogens is 248 g/mol. The number of benzene rings is 2. The van der Waals surface area contributed by atoms with Crippen LogP contribution in [0.1, 0.15) is 22.4 Å². The smallest absolute Gasteiger partial charge is 0.312 e. The Hall–Kier alpha value is -1.80. The molecule has 0 heterocycles. The fourth-order valence-electron chi connectivity index (χ4n) is 1.93.